The van der Waals surface area contributed by atoms with Crippen LogP contribution in [0, 0.1) is 0 Å². The van der Waals surface area contributed by atoms with Gasteiger partial charge in [0.05, 0.1) is 17.5 Å². The molecule has 7 heteroatoms. The number of unbranched alkanes of at least 4 members (excludes halogenated alkanes) is 1. The van der Waals surface area contributed by atoms with Gasteiger partial charge in [0, 0.05) is 12.4 Å². The van der Waals surface area contributed by atoms with Gasteiger partial charge in [0.2, 0.25) is 0 Å². The van der Waals surface area contributed by atoms with E-state index in [2.05, 4.69) is 17.2 Å². The molecule has 23 heavy (non-hydrogen) atoms. The van der Waals surface area contributed by atoms with E-state index < -0.39 is 11.9 Å². The zero-order valence-electron chi connectivity index (χ0n) is 13.1. The summed E-state index contributed by atoms with van der Waals surface area (Å²) in [5.74, 6) is -2.01. The van der Waals surface area contributed by atoms with Crippen LogP contribution < -0.4 is 10.4 Å². The van der Waals surface area contributed by atoms with Crippen LogP contribution in [0.15, 0.2) is 35.3 Å². The molecular formula is C16H22N2O4S. The first-order valence-electron chi connectivity index (χ1n) is 7.52. The van der Waals surface area contributed by atoms with Crippen molar-refractivity contribution in [2.45, 2.75) is 37.9 Å². The Hall–Kier alpha value is -1.86. The third-order valence-electron chi connectivity index (χ3n) is 2.96. The van der Waals surface area contributed by atoms with Crippen molar-refractivity contribution in [2.24, 2.45) is 4.99 Å². The Morgan fingerprint density at radius 3 is 2.48 bits per heavy atom. The van der Waals surface area contributed by atoms with Crippen molar-refractivity contribution in [1.82, 2.24) is 0 Å². The molecule has 1 atom stereocenters. The van der Waals surface area contributed by atoms with Gasteiger partial charge in [0.25, 0.3) is 5.17 Å². The summed E-state index contributed by atoms with van der Waals surface area (Å²) in [5.41, 5.74) is 1.05. The van der Waals surface area contributed by atoms with Gasteiger partial charge in [0.1, 0.15) is 0 Å². The first-order chi connectivity index (χ1) is 11.0. The second-order valence-corrected chi connectivity index (χ2v) is 6.59. The molecule has 1 heterocycles. The number of rotatable bonds is 6. The number of aliphatic imine (C=N–C) groups is 1. The molecule has 126 valence electrons. The van der Waals surface area contributed by atoms with Crippen molar-refractivity contribution in [2.75, 3.05) is 6.54 Å². The van der Waals surface area contributed by atoms with Gasteiger partial charge in [-0.3, -0.25) is 10.1 Å². The highest BCUT2D eigenvalue weighted by Gasteiger charge is 2.21. The minimum Gasteiger partial charge on any atom is -0.550 e. The second-order valence-electron chi connectivity index (χ2n) is 5.13. The van der Waals surface area contributed by atoms with Crippen LogP contribution >= 0.6 is 11.8 Å². The van der Waals surface area contributed by atoms with Crippen LogP contribution in [0.4, 0.5) is 5.69 Å². The van der Waals surface area contributed by atoms with Crippen LogP contribution in [0.25, 0.3) is 0 Å². The van der Waals surface area contributed by atoms with E-state index in [0.29, 0.717) is 18.1 Å². The molecule has 1 fully saturated rings. The predicted octanol–water partition coefficient (Wildman–Crippen LogP) is 0.754. The number of carboxylic acids is 2. The quantitative estimate of drug-likeness (QED) is 0.745. The summed E-state index contributed by atoms with van der Waals surface area (Å²) in [5, 5.41) is 22.0. The Balaban J connectivity index is 0.000000241. The third kappa shape index (κ3) is 9.70. The molecular weight excluding hydrogens is 316 g/mol. The highest BCUT2D eigenvalue weighted by atomic mass is 32.2. The lowest BCUT2D eigenvalue weighted by atomic mass is 10.2. The Bertz CT molecular complexity index is 518. The first-order valence-corrected chi connectivity index (χ1v) is 8.40. The average Bonchev–Trinajstić information content (AvgIpc) is 2.90. The van der Waals surface area contributed by atoms with Gasteiger partial charge < -0.3 is 15.0 Å². The van der Waals surface area contributed by atoms with Crippen molar-refractivity contribution in [3.63, 3.8) is 0 Å². The van der Waals surface area contributed by atoms with Crippen molar-refractivity contribution in [3.8, 4) is 0 Å². The number of aliphatic carboxylic acids is 2. The number of hydrogen-bond donors (Lipinski definition) is 2. The molecule has 0 saturated carbocycles. The number of amidine groups is 1. The van der Waals surface area contributed by atoms with Crippen LogP contribution in [0.3, 0.4) is 0 Å². The van der Waals surface area contributed by atoms with Crippen molar-refractivity contribution < 1.29 is 25.1 Å². The molecule has 1 aliphatic heterocycles. The zero-order chi connectivity index (χ0) is 17.1. The van der Waals surface area contributed by atoms with Gasteiger partial charge in [-0.25, -0.2) is 0 Å². The second kappa shape index (κ2) is 10.8. The minimum atomic E-state index is -1.12. The van der Waals surface area contributed by atoms with Crippen LogP contribution in [0.5, 0.6) is 0 Å². The Labute approximate surface area is 140 Å². The van der Waals surface area contributed by atoms with Gasteiger partial charge in [-0.1, -0.05) is 18.2 Å². The van der Waals surface area contributed by atoms with Crippen LogP contribution in [0.1, 0.15) is 32.6 Å². The smallest absolute Gasteiger partial charge is 0.303 e. The highest BCUT2D eigenvalue weighted by molar-refractivity contribution is 8.14. The van der Waals surface area contributed by atoms with Crippen molar-refractivity contribution >= 4 is 34.6 Å². The maximum atomic E-state index is 9.88. The van der Waals surface area contributed by atoms with Crippen LogP contribution in [-0.4, -0.2) is 34.0 Å². The summed E-state index contributed by atoms with van der Waals surface area (Å²) < 4.78 is 0. The van der Waals surface area contributed by atoms with Crippen LogP contribution in [0.2, 0.25) is 0 Å². The van der Waals surface area contributed by atoms with Gasteiger partial charge in [-0.15, -0.1) is 0 Å². The average molecular weight is 338 g/mol. The molecule has 2 rings (SSSR count). The number of hydrogen-bond acceptors (Lipinski definition) is 5. The number of carbonyl (C=O) groups excluding carboxylic acids is 1. The molecule has 0 aromatic heterocycles. The third-order valence-corrected chi connectivity index (χ3v) is 4.06. The fourth-order valence-electron chi connectivity index (χ4n) is 1.82. The maximum Gasteiger partial charge on any atom is 0.303 e. The Kier molecular flexibility index (Phi) is 9.01. The molecule has 0 radical (unpaired) electrons. The summed E-state index contributed by atoms with van der Waals surface area (Å²) in [4.78, 5) is 24.2. The SMILES string of the molecule is CC1C[NH2+]C(=Nc2ccccc2)S1.O=C([O-])CCCCC(=O)O. The maximum absolute atomic E-state index is 9.88. The van der Waals surface area contributed by atoms with Gasteiger partial charge in [0.15, 0.2) is 0 Å². The topological polar surface area (TPSA) is 106 Å². The molecule has 0 bridgehead atoms. The highest BCUT2D eigenvalue weighted by Crippen LogP contribution is 2.17. The largest absolute Gasteiger partial charge is 0.550 e. The summed E-state index contributed by atoms with van der Waals surface area (Å²) in [7, 11) is 0. The monoisotopic (exact) mass is 338 g/mol. The molecule has 1 aromatic rings. The Morgan fingerprint density at radius 1 is 1.30 bits per heavy atom. The number of thioether (sulfide) groups is 1. The van der Waals surface area contributed by atoms with E-state index in [-0.39, 0.29) is 12.8 Å². The molecule has 0 amide bonds. The molecule has 1 saturated heterocycles. The van der Waals surface area contributed by atoms with E-state index in [1.807, 2.05) is 42.1 Å². The predicted molar refractivity (Wildman–Crippen MR) is 88.5 cm³/mol. The van der Waals surface area contributed by atoms with E-state index in [9.17, 15) is 14.7 Å². The standard InChI is InChI=1S/C10H12N2S.C6H10O4/c1-8-7-11-10(13-8)12-9-5-3-2-4-6-9;7-5(8)3-1-2-4-6(9)10/h2-6,8H,7H2,1H3,(H,11,12);1-4H2,(H,7,8)(H,9,10). The summed E-state index contributed by atoms with van der Waals surface area (Å²) in [6, 6.07) is 10.1. The Morgan fingerprint density at radius 2 is 1.96 bits per heavy atom. The van der Waals surface area contributed by atoms with E-state index in [1.165, 1.54) is 5.17 Å². The fourth-order valence-corrected chi connectivity index (χ4v) is 2.77. The fraction of sp³-hybridized carbons (Fsp3) is 0.438. The summed E-state index contributed by atoms with van der Waals surface area (Å²) in [6.07, 6.45) is 0.776. The number of quaternary nitrogens is 1. The summed E-state index contributed by atoms with van der Waals surface area (Å²) >= 11 is 1.85. The lowest BCUT2D eigenvalue weighted by molar-refractivity contribution is -0.527. The van der Waals surface area contributed by atoms with Crippen molar-refractivity contribution in [3.05, 3.63) is 30.3 Å². The number of carboxylic acid groups (broad SMARTS) is 2. The number of nitrogens with zero attached hydrogens (tertiary/aromatic N) is 1. The molecule has 0 aliphatic carbocycles. The van der Waals surface area contributed by atoms with E-state index in [4.69, 9.17) is 5.11 Å². The molecule has 6 nitrogen and oxygen atoms in total. The van der Waals surface area contributed by atoms with E-state index in [0.717, 1.165) is 12.2 Å². The first kappa shape index (κ1) is 19.2. The van der Waals surface area contributed by atoms with Crippen molar-refractivity contribution in [1.29, 1.82) is 0 Å². The molecule has 1 aromatic carbocycles. The molecule has 3 N–H and O–H groups in total. The summed E-state index contributed by atoms with van der Waals surface area (Å²) in [6.45, 7) is 3.38. The minimum absolute atomic E-state index is 0.0350. The normalized spacial score (nSPS) is 18.3. The van der Waals surface area contributed by atoms with Gasteiger partial charge in [-0.2, -0.15) is 4.99 Å². The van der Waals surface area contributed by atoms with Gasteiger partial charge in [-0.05, 0) is 50.1 Å². The number of para-hydroxylation sites is 1. The number of nitrogens with two attached hydrogens (primary N) is 1. The molecule has 0 spiro atoms. The lowest BCUT2D eigenvalue weighted by Gasteiger charge is -1.98. The number of benzene rings is 1. The zero-order valence-corrected chi connectivity index (χ0v) is 13.9. The lowest BCUT2D eigenvalue weighted by Crippen LogP contribution is -2.84. The van der Waals surface area contributed by atoms with E-state index >= 15 is 0 Å². The van der Waals surface area contributed by atoms with Gasteiger partial charge >= 0.3 is 5.97 Å². The molecule has 1 aliphatic rings. The van der Waals surface area contributed by atoms with E-state index in [1.54, 1.807) is 0 Å². The number of carbonyl (C=O) groups is 2. The molecule has 1 unspecified atom stereocenters. The van der Waals surface area contributed by atoms with Crippen LogP contribution in [-0.2, 0) is 9.59 Å².